The SMILES string of the molecule is CC(O)COC(=O)C(C)(C)CC1C(=O)NC(=O)C1C. The van der Waals surface area contributed by atoms with Crippen LogP contribution in [0.5, 0.6) is 0 Å². The van der Waals surface area contributed by atoms with Crippen molar-refractivity contribution in [2.24, 2.45) is 17.3 Å². The van der Waals surface area contributed by atoms with E-state index in [0.717, 1.165) is 0 Å². The Morgan fingerprint density at radius 3 is 2.42 bits per heavy atom. The van der Waals surface area contributed by atoms with Crippen LogP contribution in [0.1, 0.15) is 34.1 Å². The Kier molecular flexibility index (Phi) is 4.68. The molecule has 3 atom stereocenters. The molecule has 0 aromatic heterocycles. The molecule has 0 saturated carbocycles. The van der Waals surface area contributed by atoms with Gasteiger partial charge in [0.15, 0.2) is 0 Å². The smallest absolute Gasteiger partial charge is 0.311 e. The van der Waals surface area contributed by atoms with Gasteiger partial charge in [-0.25, -0.2) is 0 Å². The lowest BCUT2D eigenvalue weighted by Crippen LogP contribution is -2.34. The topological polar surface area (TPSA) is 92.7 Å². The Labute approximate surface area is 112 Å². The summed E-state index contributed by atoms with van der Waals surface area (Å²) in [6.07, 6.45) is -0.486. The third kappa shape index (κ3) is 3.76. The lowest BCUT2D eigenvalue weighted by atomic mass is 9.79. The van der Waals surface area contributed by atoms with Gasteiger partial charge in [0, 0.05) is 5.92 Å². The Morgan fingerprint density at radius 2 is 2.00 bits per heavy atom. The lowest BCUT2D eigenvalue weighted by Gasteiger charge is -2.26. The number of carbonyl (C=O) groups is 3. The van der Waals surface area contributed by atoms with E-state index in [4.69, 9.17) is 9.84 Å². The highest BCUT2D eigenvalue weighted by Crippen LogP contribution is 2.33. The molecule has 0 aromatic carbocycles. The fourth-order valence-electron chi connectivity index (χ4n) is 2.03. The molecule has 3 unspecified atom stereocenters. The number of hydrogen-bond acceptors (Lipinski definition) is 5. The van der Waals surface area contributed by atoms with Gasteiger partial charge in [-0.1, -0.05) is 6.92 Å². The van der Waals surface area contributed by atoms with Crippen molar-refractivity contribution in [1.82, 2.24) is 5.32 Å². The summed E-state index contributed by atoms with van der Waals surface area (Å²) in [6, 6.07) is 0. The third-order valence-corrected chi connectivity index (χ3v) is 3.34. The van der Waals surface area contributed by atoms with E-state index < -0.39 is 29.3 Å². The molecule has 0 aromatic rings. The van der Waals surface area contributed by atoms with Gasteiger partial charge in [0.05, 0.1) is 17.4 Å². The van der Waals surface area contributed by atoms with E-state index in [1.165, 1.54) is 6.92 Å². The molecule has 0 radical (unpaired) electrons. The zero-order valence-corrected chi connectivity index (χ0v) is 11.7. The highest BCUT2D eigenvalue weighted by atomic mass is 16.5. The van der Waals surface area contributed by atoms with Crippen LogP contribution in [0.3, 0.4) is 0 Å². The van der Waals surface area contributed by atoms with Gasteiger partial charge in [-0.05, 0) is 27.2 Å². The first-order valence-electron chi connectivity index (χ1n) is 6.35. The van der Waals surface area contributed by atoms with E-state index in [0.29, 0.717) is 0 Å². The van der Waals surface area contributed by atoms with Crippen LogP contribution in [-0.4, -0.2) is 35.6 Å². The predicted molar refractivity (Wildman–Crippen MR) is 66.8 cm³/mol. The molecule has 1 aliphatic heterocycles. The molecule has 0 bridgehead atoms. The first-order valence-corrected chi connectivity index (χ1v) is 6.35. The maximum absolute atomic E-state index is 11.9. The average Bonchev–Trinajstić information content (AvgIpc) is 2.52. The first kappa shape index (κ1) is 15.6. The maximum atomic E-state index is 11.9. The van der Waals surface area contributed by atoms with E-state index in [1.807, 2.05) is 0 Å². The van der Waals surface area contributed by atoms with Crippen LogP contribution in [-0.2, 0) is 19.1 Å². The summed E-state index contributed by atoms with van der Waals surface area (Å²) in [7, 11) is 0. The highest BCUT2D eigenvalue weighted by Gasteiger charge is 2.44. The number of aliphatic hydroxyl groups is 1. The van der Waals surface area contributed by atoms with Gasteiger partial charge in [-0.2, -0.15) is 0 Å². The van der Waals surface area contributed by atoms with Gasteiger partial charge in [0.25, 0.3) is 0 Å². The van der Waals surface area contributed by atoms with E-state index in [1.54, 1.807) is 20.8 Å². The number of esters is 1. The van der Waals surface area contributed by atoms with Crippen molar-refractivity contribution >= 4 is 17.8 Å². The van der Waals surface area contributed by atoms with E-state index in [-0.39, 0.29) is 24.8 Å². The molecule has 108 valence electrons. The molecular weight excluding hydrogens is 250 g/mol. The van der Waals surface area contributed by atoms with E-state index in [2.05, 4.69) is 5.32 Å². The Morgan fingerprint density at radius 1 is 1.42 bits per heavy atom. The number of amides is 2. The number of nitrogens with one attached hydrogen (secondary N) is 1. The summed E-state index contributed by atoms with van der Waals surface area (Å²) in [5.74, 6) is -2.07. The molecule has 1 fully saturated rings. The van der Waals surface area contributed by atoms with Crippen molar-refractivity contribution in [2.75, 3.05) is 6.61 Å². The summed E-state index contributed by atoms with van der Waals surface area (Å²) in [5, 5.41) is 11.3. The standard InChI is InChI=1S/C13H21NO5/c1-7(15)6-19-12(18)13(3,4)5-9-8(2)10(16)14-11(9)17/h7-9,15H,5-6H2,1-4H3,(H,14,16,17). The normalized spacial score (nSPS) is 25.1. The molecule has 1 heterocycles. The molecule has 19 heavy (non-hydrogen) atoms. The molecule has 2 amide bonds. The summed E-state index contributed by atoms with van der Waals surface area (Å²) >= 11 is 0. The number of hydrogen-bond donors (Lipinski definition) is 2. The van der Waals surface area contributed by atoms with Crippen LogP contribution in [0, 0.1) is 17.3 Å². The van der Waals surface area contributed by atoms with Crippen LogP contribution < -0.4 is 5.32 Å². The summed E-state index contributed by atoms with van der Waals surface area (Å²) < 4.78 is 4.97. The number of aliphatic hydroxyl groups excluding tert-OH is 1. The Bertz CT molecular complexity index is 388. The second-order valence-electron chi connectivity index (χ2n) is 5.78. The van der Waals surface area contributed by atoms with Gasteiger partial charge in [-0.3, -0.25) is 19.7 Å². The molecular formula is C13H21NO5. The van der Waals surface area contributed by atoms with Gasteiger partial charge in [0.2, 0.25) is 11.8 Å². The zero-order valence-electron chi connectivity index (χ0n) is 11.7. The van der Waals surface area contributed by atoms with Crippen molar-refractivity contribution in [3.05, 3.63) is 0 Å². The summed E-state index contributed by atoms with van der Waals surface area (Å²) in [4.78, 5) is 34.9. The van der Waals surface area contributed by atoms with Crippen molar-refractivity contribution in [3.63, 3.8) is 0 Å². The van der Waals surface area contributed by atoms with Gasteiger partial charge in [-0.15, -0.1) is 0 Å². The zero-order chi connectivity index (χ0) is 14.8. The van der Waals surface area contributed by atoms with Crippen LogP contribution in [0.2, 0.25) is 0 Å². The van der Waals surface area contributed by atoms with Crippen molar-refractivity contribution < 1.29 is 24.2 Å². The molecule has 6 nitrogen and oxygen atoms in total. The number of imide groups is 1. The largest absolute Gasteiger partial charge is 0.463 e. The monoisotopic (exact) mass is 271 g/mol. The number of carbonyl (C=O) groups excluding carboxylic acids is 3. The average molecular weight is 271 g/mol. The Balaban J connectivity index is 2.66. The lowest BCUT2D eigenvalue weighted by molar-refractivity contribution is -0.158. The fourth-order valence-corrected chi connectivity index (χ4v) is 2.03. The summed E-state index contributed by atoms with van der Waals surface area (Å²) in [6.45, 7) is 6.45. The highest BCUT2D eigenvalue weighted by molar-refractivity contribution is 6.05. The number of rotatable bonds is 5. The Hall–Kier alpha value is -1.43. The van der Waals surface area contributed by atoms with Crippen LogP contribution in [0.4, 0.5) is 0 Å². The molecule has 1 aliphatic rings. The van der Waals surface area contributed by atoms with Crippen molar-refractivity contribution in [3.8, 4) is 0 Å². The predicted octanol–water partition coefficient (Wildman–Crippen LogP) is 0.235. The molecule has 2 N–H and O–H groups in total. The summed E-state index contributed by atoms with van der Waals surface area (Å²) in [5.41, 5.74) is -0.879. The molecule has 1 saturated heterocycles. The van der Waals surface area contributed by atoms with Gasteiger partial charge < -0.3 is 9.84 Å². The van der Waals surface area contributed by atoms with Gasteiger partial charge in [0.1, 0.15) is 6.61 Å². The second-order valence-corrected chi connectivity index (χ2v) is 5.78. The minimum absolute atomic E-state index is 0.0758. The third-order valence-electron chi connectivity index (χ3n) is 3.34. The minimum atomic E-state index is -0.879. The quantitative estimate of drug-likeness (QED) is 0.552. The first-order chi connectivity index (χ1) is 8.65. The second kappa shape index (κ2) is 5.69. The van der Waals surface area contributed by atoms with Gasteiger partial charge >= 0.3 is 5.97 Å². The molecule has 0 aliphatic carbocycles. The number of ether oxygens (including phenoxy) is 1. The van der Waals surface area contributed by atoms with Crippen molar-refractivity contribution in [1.29, 1.82) is 0 Å². The molecule has 0 spiro atoms. The molecule has 1 rings (SSSR count). The van der Waals surface area contributed by atoms with E-state index >= 15 is 0 Å². The maximum Gasteiger partial charge on any atom is 0.311 e. The fraction of sp³-hybridized carbons (Fsp3) is 0.769. The molecule has 6 heteroatoms. The minimum Gasteiger partial charge on any atom is -0.463 e. The van der Waals surface area contributed by atoms with Crippen molar-refractivity contribution in [2.45, 2.75) is 40.2 Å². The van der Waals surface area contributed by atoms with Crippen LogP contribution >= 0.6 is 0 Å². The van der Waals surface area contributed by atoms with Crippen LogP contribution in [0.15, 0.2) is 0 Å². The van der Waals surface area contributed by atoms with E-state index in [9.17, 15) is 14.4 Å². The van der Waals surface area contributed by atoms with Crippen LogP contribution in [0.25, 0.3) is 0 Å².